The van der Waals surface area contributed by atoms with Crippen LogP contribution in [-0.4, -0.2) is 18.2 Å². The summed E-state index contributed by atoms with van der Waals surface area (Å²) in [6.07, 6.45) is 1.55. The molecule has 0 aliphatic rings. The number of hydrogen-bond acceptors (Lipinski definition) is 3. The molecule has 0 radical (unpaired) electrons. The molecule has 0 atom stereocenters. The lowest BCUT2D eigenvalue weighted by molar-refractivity contribution is 0.543. The Balaban J connectivity index is 2.07. The minimum Gasteiger partial charge on any atom is -0.280 e. The maximum absolute atomic E-state index is 13.0. The van der Waals surface area contributed by atoms with E-state index in [1.54, 1.807) is 35.1 Å². The number of sulfonamides is 1. The lowest BCUT2D eigenvalue weighted by Gasteiger charge is -2.17. The third-order valence-electron chi connectivity index (χ3n) is 3.80. The number of rotatable bonds is 4. The van der Waals surface area contributed by atoms with Crippen molar-refractivity contribution < 1.29 is 8.42 Å². The molecular weight excluding hydrogens is 370 g/mol. The predicted molar refractivity (Wildman–Crippen MR) is 105 cm³/mol. The molecule has 26 heavy (non-hydrogen) atoms. The summed E-state index contributed by atoms with van der Waals surface area (Å²) in [4.78, 5) is 0.156. The van der Waals surface area contributed by atoms with Crippen LogP contribution in [0, 0.1) is 0 Å². The molecule has 0 aliphatic heterocycles. The van der Waals surface area contributed by atoms with Crippen molar-refractivity contribution in [1.29, 1.82) is 0 Å². The number of aromatic nitrogens is 2. The number of benzene rings is 2. The maximum Gasteiger partial charge on any atom is 0.265 e. The molecule has 2 aromatic carbocycles. The van der Waals surface area contributed by atoms with E-state index < -0.39 is 15.4 Å². The molecule has 0 spiro atoms. The quantitative estimate of drug-likeness (QED) is 0.707. The molecule has 136 valence electrons. The second-order valence-corrected chi connectivity index (χ2v) is 9.07. The van der Waals surface area contributed by atoms with Crippen molar-refractivity contribution in [3.05, 3.63) is 71.5 Å². The monoisotopic (exact) mass is 389 g/mol. The van der Waals surface area contributed by atoms with Crippen LogP contribution in [0.5, 0.6) is 0 Å². The van der Waals surface area contributed by atoms with Gasteiger partial charge in [-0.25, -0.2) is 13.1 Å². The van der Waals surface area contributed by atoms with Gasteiger partial charge in [0.2, 0.25) is 0 Å². The van der Waals surface area contributed by atoms with Crippen LogP contribution in [0.1, 0.15) is 26.5 Å². The average Bonchev–Trinajstić information content (AvgIpc) is 3.04. The van der Waals surface area contributed by atoms with Crippen molar-refractivity contribution in [1.82, 2.24) is 9.78 Å². The molecule has 1 aromatic heterocycles. The highest BCUT2D eigenvalue weighted by Crippen LogP contribution is 2.30. The number of nitrogens with zero attached hydrogens (tertiary/aromatic N) is 2. The largest absolute Gasteiger partial charge is 0.280 e. The lowest BCUT2D eigenvalue weighted by atomic mass is 9.92. The Morgan fingerprint density at radius 2 is 1.62 bits per heavy atom. The smallest absolute Gasteiger partial charge is 0.265 e. The SMILES string of the molecule is CC(C)(C)c1nn(-c2ccccc2)cc1S(=O)(=O)Nc1ccc(Cl)cc1. The second-order valence-electron chi connectivity index (χ2n) is 6.98. The van der Waals surface area contributed by atoms with Crippen molar-refractivity contribution >= 4 is 27.3 Å². The fourth-order valence-corrected chi connectivity index (χ4v) is 4.04. The van der Waals surface area contributed by atoms with Crippen LogP contribution < -0.4 is 4.72 Å². The molecule has 0 amide bonds. The summed E-state index contributed by atoms with van der Waals surface area (Å²) in [6.45, 7) is 5.81. The molecule has 0 unspecified atom stereocenters. The van der Waals surface area contributed by atoms with Crippen LogP contribution in [0.3, 0.4) is 0 Å². The van der Waals surface area contributed by atoms with Gasteiger partial charge in [0, 0.05) is 16.1 Å². The van der Waals surface area contributed by atoms with Crippen LogP contribution in [0.25, 0.3) is 5.69 Å². The van der Waals surface area contributed by atoms with E-state index in [1.165, 1.54) is 0 Å². The van der Waals surface area contributed by atoms with Gasteiger partial charge in [0.1, 0.15) is 4.90 Å². The van der Waals surface area contributed by atoms with Crippen molar-refractivity contribution in [2.75, 3.05) is 4.72 Å². The van der Waals surface area contributed by atoms with Crippen LogP contribution in [0.15, 0.2) is 65.7 Å². The van der Waals surface area contributed by atoms with Gasteiger partial charge in [0.25, 0.3) is 10.0 Å². The molecule has 3 rings (SSSR count). The van der Waals surface area contributed by atoms with Crippen LogP contribution in [0.4, 0.5) is 5.69 Å². The maximum atomic E-state index is 13.0. The molecule has 0 saturated heterocycles. The van der Waals surface area contributed by atoms with Gasteiger partial charge in [-0.15, -0.1) is 0 Å². The first kappa shape index (κ1) is 18.5. The summed E-state index contributed by atoms with van der Waals surface area (Å²) in [5.74, 6) is 0. The predicted octanol–water partition coefficient (Wildman–Crippen LogP) is 4.62. The van der Waals surface area contributed by atoms with E-state index in [9.17, 15) is 8.42 Å². The number of anilines is 1. The second kappa shape index (κ2) is 6.78. The molecule has 3 aromatic rings. The summed E-state index contributed by atoms with van der Waals surface area (Å²) in [5, 5.41) is 5.09. The molecule has 1 N–H and O–H groups in total. The van der Waals surface area contributed by atoms with Crippen LogP contribution in [-0.2, 0) is 15.4 Å². The summed E-state index contributed by atoms with van der Waals surface area (Å²) in [5.41, 5.74) is 1.31. The molecule has 0 fully saturated rings. The van der Waals surface area contributed by atoms with Crippen LogP contribution in [0.2, 0.25) is 5.02 Å². The Hall–Kier alpha value is -2.31. The standard InChI is InChI=1S/C19H20ClN3O2S/c1-19(2,3)18-17(13-23(21-18)16-7-5-4-6-8-16)26(24,25)22-15-11-9-14(20)10-12-15/h4-13,22H,1-3H3. The number of hydrogen-bond donors (Lipinski definition) is 1. The zero-order valence-electron chi connectivity index (χ0n) is 14.8. The molecule has 1 heterocycles. The van der Waals surface area contributed by atoms with Crippen LogP contribution >= 0.6 is 11.6 Å². The van der Waals surface area contributed by atoms with Gasteiger partial charge in [0.15, 0.2) is 0 Å². The molecule has 0 saturated carbocycles. The minimum atomic E-state index is -3.80. The van der Waals surface area contributed by atoms with E-state index in [4.69, 9.17) is 11.6 Å². The minimum absolute atomic E-state index is 0.156. The topological polar surface area (TPSA) is 64.0 Å². The summed E-state index contributed by atoms with van der Waals surface area (Å²) < 4.78 is 30.2. The zero-order chi connectivity index (χ0) is 18.9. The Bertz CT molecular complexity index is 1010. The number of halogens is 1. The van der Waals surface area contributed by atoms with Crippen molar-refractivity contribution in [3.63, 3.8) is 0 Å². The van der Waals surface area contributed by atoms with Gasteiger partial charge in [-0.2, -0.15) is 5.10 Å². The average molecular weight is 390 g/mol. The molecular formula is C19H20ClN3O2S. The zero-order valence-corrected chi connectivity index (χ0v) is 16.3. The van der Waals surface area contributed by atoms with Gasteiger partial charge in [-0.1, -0.05) is 50.6 Å². The van der Waals surface area contributed by atoms with E-state index in [2.05, 4.69) is 9.82 Å². The van der Waals surface area contributed by atoms with E-state index in [0.29, 0.717) is 16.4 Å². The van der Waals surface area contributed by atoms with Gasteiger partial charge in [-0.05, 0) is 36.4 Å². The number of para-hydroxylation sites is 1. The van der Waals surface area contributed by atoms with Gasteiger partial charge >= 0.3 is 0 Å². The highest BCUT2D eigenvalue weighted by Gasteiger charge is 2.30. The van der Waals surface area contributed by atoms with Crippen molar-refractivity contribution in [3.8, 4) is 5.69 Å². The first-order valence-corrected chi connectivity index (χ1v) is 9.97. The normalized spacial score (nSPS) is 12.2. The van der Waals surface area contributed by atoms with E-state index >= 15 is 0 Å². The Labute approximate surface area is 158 Å². The fraction of sp³-hybridized carbons (Fsp3) is 0.211. The van der Waals surface area contributed by atoms with E-state index in [0.717, 1.165) is 5.69 Å². The van der Waals surface area contributed by atoms with Gasteiger partial charge in [0.05, 0.1) is 17.6 Å². The summed E-state index contributed by atoms with van der Waals surface area (Å²) in [6, 6.07) is 15.9. The first-order chi connectivity index (χ1) is 12.2. The first-order valence-electron chi connectivity index (χ1n) is 8.11. The van der Waals surface area contributed by atoms with Gasteiger partial charge < -0.3 is 0 Å². The fourth-order valence-electron chi connectivity index (χ4n) is 2.52. The van der Waals surface area contributed by atoms with Crippen molar-refractivity contribution in [2.24, 2.45) is 0 Å². The Morgan fingerprint density at radius 3 is 2.19 bits per heavy atom. The highest BCUT2D eigenvalue weighted by atomic mass is 35.5. The summed E-state index contributed by atoms with van der Waals surface area (Å²) in [7, 11) is -3.80. The lowest BCUT2D eigenvalue weighted by Crippen LogP contribution is -2.20. The van der Waals surface area contributed by atoms with Gasteiger partial charge in [-0.3, -0.25) is 4.72 Å². The molecule has 0 bridgehead atoms. The Kier molecular flexibility index (Phi) is 4.82. The summed E-state index contributed by atoms with van der Waals surface area (Å²) >= 11 is 5.87. The third-order valence-corrected chi connectivity index (χ3v) is 5.43. The highest BCUT2D eigenvalue weighted by molar-refractivity contribution is 7.92. The Morgan fingerprint density at radius 1 is 1.00 bits per heavy atom. The molecule has 5 nitrogen and oxygen atoms in total. The number of nitrogens with one attached hydrogen (secondary N) is 1. The third kappa shape index (κ3) is 3.92. The van der Waals surface area contributed by atoms with Crippen molar-refractivity contribution in [2.45, 2.75) is 31.1 Å². The van der Waals surface area contributed by atoms with E-state index in [1.807, 2.05) is 51.1 Å². The van der Waals surface area contributed by atoms with E-state index in [-0.39, 0.29) is 4.90 Å². The molecule has 7 heteroatoms. The molecule has 0 aliphatic carbocycles.